The summed E-state index contributed by atoms with van der Waals surface area (Å²) in [5.74, 6) is -1.01. The quantitative estimate of drug-likeness (QED) is 0.567. The highest BCUT2D eigenvalue weighted by molar-refractivity contribution is 7.53. The molecule has 0 spiro atoms. The van der Waals surface area contributed by atoms with Crippen LogP contribution in [0.1, 0.15) is 19.4 Å². The van der Waals surface area contributed by atoms with Crippen LogP contribution in [0.3, 0.4) is 0 Å². The van der Waals surface area contributed by atoms with Gasteiger partial charge in [-0.1, -0.05) is 18.2 Å². The van der Waals surface area contributed by atoms with Gasteiger partial charge in [-0.05, 0) is 25.5 Å². The second kappa shape index (κ2) is 8.44. The summed E-state index contributed by atoms with van der Waals surface area (Å²) in [4.78, 5) is 14.7. The van der Waals surface area contributed by atoms with Gasteiger partial charge in [0.1, 0.15) is 6.04 Å². The second-order valence-electron chi connectivity index (χ2n) is 5.26. The monoisotopic (exact) mass is 354 g/mol. The summed E-state index contributed by atoms with van der Waals surface area (Å²) in [7, 11) is -3.33. The molecule has 0 radical (unpaired) electrons. The number of H-pyrrole nitrogens is 1. The number of aliphatic carboxylic acids is 1. The highest BCUT2D eigenvalue weighted by Crippen LogP contribution is 2.46. The van der Waals surface area contributed by atoms with E-state index in [1.807, 2.05) is 24.3 Å². The van der Waals surface area contributed by atoms with E-state index in [0.29, 0.717) is 0 Å². The summed E-state index contributed by atoms with van der Waals surface area (Å²) in [6.07, 6.45) is 1.92. The van der Waals surface area contributed by atoms with E-state index in [2.05, 4.69) is 10.3 Å². The van der Waals surface area contributed by atoms with Gasteiger partial charge in [0, 0.05) is 23.5 Å². The molecule has 2 aromatic rings. The minimum Gasteiger partial charge on any atom is -0.480 e. The smallest absolute Gasteiger partial charge is 0.344 e. The third-order valence-electron chi connectivity index (χ3n) is 3.58. The zero-order valence-corrected chi connectivity index (χ0v) is 14.7. The van der Waals surface area contributed by atoms with Crippen molar-refractivity contribution < 1.29 is 23.5 Å². The SMILES string of the molecule is CCOP(=O)(CN[C@@H](Cc1c[nH]c2ccccc12)C(=O)O)OCC. The lowest BCUT2D eigenvalue weighted by Gasteiger charge is -2.20. The lowest BCUT2D eigenvalue weighted by atomic mass is 10.1. The summed E-state index contributed by atoms with van der Waals surface area (Å²) in [6.45, 7) is 3.90. The molecule has 0 aliphatic rings. The first-order chi connectivity index (χ1) is 11.5. The Morgan fingerprint density at radius 2 is 1.96 bits per heavy atom. The van der Waals surface area contributed by atoms with Crippen LogP contribution < -0.4 is 5.32 Å². The molecule has 0 aliphatic carbocycles. The number of nitrogens with one attached hydrogen (secondary N) is 2. The molecule has 1 atom stereocenters. The fraction of sp³-hybridized carbons (Fsp3) is 0.438. The van der Waals surface area contributed by atoms with Crippen LogP contribution in [0.5, 0.6) is 0 Å². The summed E-state index contributed by atoms with van der Waals surface area (Å²) >= 11 is 0. The number of carboxylic acid groups (broad SMARTS) is 1. The Labute approximate surface area is 140 Å². The summed E-state index contributed by atoms with van der Waals surface area (Å²) in [5.41, 5.74) is 1.83. The lowest BCUT2D eigenvalue weighted by Crippen LogP contribution is -2.39. The van der Waals surface area contributed by atoms with E-state index in [1.165, 1.54) is 0 Å². The Balaban J connectivity index is 2.09. The van der Waals surface area contributed by atoms with Crippen LogP contribution in [0.25, 0.3) is 10.9 Å². The van der Waals surface area contributed by atoms with Crippen molar-refractivity contribution in [2.45, 2.75) is 26.3 Å². The molecule has 132 valence electrons. The van der Waals surface area contributed by atoms with Gasteiger partial charge in [0.05, 0.1) is 19.5 Å². The summed E-state index contributed by atoms with van der Waals surface area (Å²) in [6, 6.07) is 6.79. The number of carboxylic acids is 1. The highest BCUT2D eigenvalue weighted by atomic mass is 31.2. The first-order valence-corrected chi connectivity index (χ1v) is 9.61. The number of para-hydroxylation sites is 1. The first kappa shape index (κ1) is 18.7. The molecule has 1 aromatic heterocycles. The molecule has 0 saturated carbocycles. The van der Waals surface area contributed by atoms with Gasteiger partial charge in [-0.3, -0.25) is 14.7 Å². The van der Waals surface area contributed by atoms with Crippen LogP contribution in [0.2, 0.25) is 0 Å². The Morgan fingerprint density at radius 1 is 1.29 bits per heavy atom. The van der Waals surface area contributed by atoms with E-state index >= 15 is 0 Å². The summed E-state index contributed by atoms with van der Waals surface area (Å²) in [5, 5.41) is 13.2. The van der Waals surface area contributed by atoms with Crippen molar-refractivity contribution in [3.63, 3.8) is 0 Å². The van der Waals surface area contributed by atoms with Gasteiger partial charge in [0.2, 0.25) is 0 Å². The van der Waals surface area contributed by atoms with Crippen LogP contribution in [-0.4, -0.2) is 41.6 Å². The number of carbonyl (C=O) groups is 1. The number of aromatic amines is 1. The Kier molecular flexibility index (Phi) is 6.57. The van der Waals surface area contributed by atoms with Crippen LogP contribution in [0.4, 0.5) is 0 Å². The molecule has 0 bridgehead atoms. The number of hydrogen-bond donors (Lipinski definition) is 3. The average Bonchev–Trinajstić information content (AvgIpc) is 2.95. The molecule has 2 rings (SSSR count). The molecule has 0 fully saturated rings. The maximum Gasteiger partial charge on any atom is 0.344 e. The third kappa shape index (κ3) is 4.68. The fourth-order valence-corrected chi connectivity index (χ4v) is 4.00. The zero-order chi connectivity index (χ0) is 17.6. The molecule has 0 saturated heterocycles. The van der Waals surface area contributed by atoms with Gasteiger partial charge in [0.25, 0.3) is 0 Å². The van der Waals surface area contributed by atoms with Crippen LogP contribution in [-0.2, 0) is 24.8 Å². The van der Waals surface area contributed by atoms with Crippen LogP contribution in [0, 0.1) is 0 Å². The van der Waals surface area contributed by atoms with Gasteiger partial charge in [-0.25, -0.2) is 0 Å². The van der Waals surface area contributed by atoms with E-state index < -0.39 is 19.6 Å². The van der Waals surface area contributed by atoms with Crippen molar-refractivity contribution in [2.75, 3.05) is 19.5 Å². The molecular formula is C16H23N2O5P. The van der Waals surface area contributed by atoms with E-state index in [4.69, 9.17) is 9.05 Å². The van der Waals surface area contributed by atoms with Gasteiger partial charge < -0.3 is 19.1 Å². The van der Waals surface area contributed by atoms with Crippen molar-refractivity contribution >= 4 is 24.5 Å². The highest BCUT2D eigenvalue weighted by Gasteiger charge is 2.27. The molecule has 24 heavy (non-hydrogen) atoms. The van der Waals surface area contributed by atoms with Crippen molar-refractivity contribution in [1.29, 1.82) is 0 Å². The Bertz CT molecular complexity index is 720. The van der Waals surface area contributed by atoms with Gasteiger partial charge >= 0.3 is 13.6 Å². The maximum absolute atomic E-state index is 12.4. The number of benzene rings is 1. The average molecular weight is 354 g/mol. The standard InChI is InChI=1S/C16H23N2O5P/c1-3-22-24(21,23-4-2)11-18-15(16(19)20)9-12-10-17-14-8-6-5-7-13(12)14/h5-8,10,15,17-18H,3-4,9,11H2,1-2H3,(H,19,20)/t15-/m0/s1. The molecule has 3 N–H and O–H groups in total. The minimum atomic E-state index is -3.33. The van der Waals surface area contributed by atoms with Gasteiger partial charge in [0.15, 0.2) is 0 Å². The van der Waals surface area contributed by atoms with Crippen LogP contribution >= 0.6 is 7.60 Å². The lowest BCUT2D eigenvalue weighted by molar-refractivity contribution is -0.139. The predicted molar refractivity (Wildman–Crippen MR) is 92.3 cm³/mol. The van der Waals surface area contributed by atoms with E-state index in [1.54, 1.807) is 20.0 Å². The second-order valence-corrected chi connectivity index (χ2v) is 7.32. The number of rotatable bonds is 10. The van der Waals surface area contributed by atoms with Gasteiger partial charge in [-0.15, -0.1) is 0 Å². The molecule has 1 heterocycles. The number of aromatic nitrogens is 1. The molecular weight excluding hydrogens is 331 g/mol. The van der Waals surface area contributed by atoms with Crippen molar-refractivity contribution in [1.82, 2.24) is 10.3 Å². The molecule has 8 heteroatoms. The van der Waals surface area contributed by atoms with Crippen molar-refractivity contribution in [3.8, 4) is 0 Å². The molecule has 0 unspecified atom stereocenters. The van der Waals surface area contributed by atoms with Crippen molar-refractivity contribution in [3.05, 3.63) is 36.0 Å². The summed E-state index contributed by atoms with van der Waals surface area (Å²) < 4.78 is 22.8. The fourth-order valence-electron chi connectivity index (χ4n) is 2.51. The van der Waals surface area contributed by atoms with E-state index in [9.17, 15) is 14.5 Å². The predicted octanol–water partition coefficient (Wildman–Crippen LogP) is 2.98. The number of fused-ring (bicyclic) bond motifs is 1. The topological polar surface area (TPSA) is 101 Å². The number of hydrogen-bond acceptors (Lipinski definition) is 5. The molecule has 7 nitrogen and oxygen atoms in total. The van der Waals surface area contributed by atoms with Gasteiger partial charge in [-0.2, -0.15) is 0 Å². The van der Waals surface area contributed by atoms with E-state index in [0.717, 1.165) is 16.5 Å². The third-order valence-corrected chi connectivity index (χ3v) is 5.45. The molecule has 1 aromatic carbocycles. The maximum atomic E-state index is 12.4. The van der Waals surface area contributed by atoms with E-state index in [-0.39, 0.29) is 25.9 Å². The molecule has 0 amide bonds. The van der Waals surface area contributed by atoms with Crippen LogP contribution in [0.15, 0.2) is 30.5 Å². The zero-order valence-electron chi connectivity index (χ0n) is 13.8. The normalized spacial score (nSPS) is 13.2. The Hall–Kier alpha value is -1.66. The minimum absolute atomic E-state index is 0.145. The largest absolute Gasteiger partial charge is 0.480 e. The molecule has 0 aliphatic heterocycles. The first-order valence-electron chi connectivity index (χ1n) is 7.88. The Morgan fingerprint density at radius 3 is 2.58 bits per heavy atom. The van der Waals surface area contributed by atoms with Crippen molar-refractivity contribution in [2.24, 2.45) is 0 Å².